The molecule has 35 heavy (non-hydrogen) atoms. The molecule has 1 amide bonds. The minimum atomic E-state index is -1.01. The van der Waals surface area contributed by atoms with Gasteiger partial charge in [-0.1, -0.05) is 30.1 Å². The van der Waals surface area contributed by atoms with Gasteiger partial charge in [-0.15, -0.1) is 0 Å². The number of pyridine rings is 1. The lowest BCUT2D eigenvalue weighted by Gasteiger charge is -2.25. The number of benzene rings is 3. The fourth-order valence-corrected chi connectivity index (χ4v) is 4.52. The van der Waals surface area contributed by atoms with Crippen molar-refractivity contribution in [2.24, 2.45) is 0 Å². The summed E-state index contributed by atoms with van der Waals surface area (Å²) < 4.78 is 11.2. The lowest BCUT2D eigenvalue weighted by atomic mass is 9.97. The molecule has 0 saturated carbocycles. The Morgan fingerprint density at radius 3 is 2.34 bits per heavy atom. The Kier molecular flexibility index (Phi) is 6.09. The second-order valence-corrected chi connectivity index (χ2v) is 8.86. The third-order valence-electron chi connectivity index (χ3n) is 5.90. The number of ether oxygens (including phenoxy) is 2. The molecule has 2 heterocycles. The number of methoxy groups -OCH3 is 1. The number of aromatic nitrogens is 1. The Morgan fingerprint density at radius 1 is 1.00 bits per heavy atom. The fourth-order valence-electron chi connectivity index (χ4n) is 4.22. The van der Waals surface area contributed by atoms with Crippen LogP contribution in [0.2, 0.25) is 10.0 Å². The average molecular weight is 507 g/mol. The summed E-state index contributed by atoms with van der Waals surface area (Å²) in [6, 6.07) is 19.4. The molecule has 0 fully saturated rings. The number of amides is 1. The van der Waals surface area contributed by atoms with Gasteiger partial charge < -0.3 is 9.47 Å². The van der Waals surface area contributed by atoms with Crippen LogP contribution in [0.25, 0.3) is 22.2 Å². The maximum Gasteiger partial charge on any atom is 0.307 e. The minimum absolute atomic E-state index is 0.152. The largest absolute Gasteiger partial charge is 0.497 e. The lowest BCUT2D eigenvalue weighted by Crippen LogP contribution is -2.30. The van der Waals surface area contributed by atoms with Crippen molar-refractivity contribution >= 4 is 51.7 Å². The molecule has 0 aliphatic carbocycles. The van der Waals surface area contributed by atoms with Gasteiger partial charge in [-0.05, 0) is 66.7 Å². The number of rotatable bonds is 5. The van der Waals surface area contributed by atoms with Crippen LogP contribution in [0.1, 0.15) is 35.5 Å². The molecule has 6 nitrogen and oxygen atoms in total. The zero-order valence-corrected chi connectivity index (χ0v) is 20.4. The molecular weight excluding hydrogens is 487 g/mol. The number of carbonyl (C=O) groups is 2. The topological polar surface area (TPSA) is 68.7 Å². The molecule has 0 N–H and O–H groups in total. The number of halogens is 2. The van der Waals surface area contributed by atoms with Crippen molar-refractivity contribution in [2.45, 2.75) is 19.6 Å². The Labute approximate surface area is 212 Å². The monoisotopic (exact) mass is 506 g/mol. The summed E-state index contributed by atoms with van der Waals surface area (Å²) in [6.07, 6.45) is -0.863. The molecule has 1 aliphatic rings. The van der Waals surface area contributed by atoms with Crippen LogP contribution in [0.15, 0.2) is 66.7 Å². The van der Waals surface area contributed by atoms with Gasteiger partial charge in [-0.25, -0.2) is 4.98 Å². The summed E-state index contributed by atoms with van der Waals surface area (Å²) in [5.41, 5.74) is 3.34. The van der Waals surface area contributed by atoms with Crippen molar-refractivity contribution in [2.75, 3.05) is 12.0 Å². The molecule has 0 saturated heterocycles. The van der Waals surface area contributed by atoms with E-state index in [9.17, 15) is 9.59 Å². The smallest absolute Gasteiger partial charge is 0.307 e. The second kappa shape index (κ2) is 9.21. The number of hydrogen-bond acceptors (Lipinski definition) is 5. The number of carbonyl (C=O) groups excluding carboxylic acids is 2. The summed E-state index contributed by atoms with van der Waals surface area (Å²) in [5, 5.41) is 1.58. The zero-order valence-electron chi connectivity index (χ0n) is 18.9. The number of fused-ring (bicyclic) bond motifs is 3. The first-order valence-corrected chi connectivity index (χ1v) is 11.7. The van der Waals surface area contributed by atoms with Gasteiger partial charge in [0.1, 0.15) is 5.75 Å². The lowest BCUT2D eigenvalue weighted by molar-refractivity contribution is -0.148. The Bertz CT molecular complexity index is 1450. The highest BCUT2D eigenvalue weighted by Crippen LogP contribution is 2.46. The van der Waals surface area contributed by atoms with Crippen molar-refractivity contribution in [1.82, 2.24) is 4.98 Å². The first-order valence-electron chi connectivity index (χ1n) is 11.0. The molecule has 1 unspecified atom stereocenters. The predicted molar refractivity (Wildman–Crippen MR) is 136 cm³/mol. The van der Waals surface area contributed by atoms with E-state index in [1.54, 1.807) is 56.5 Å². The van der Waals surface area contributed by atoms with Crippen LogP contribution in [0.4, 0.5) is 5.69 Å². The van der Waals surface area contributed by atoms with Gasteiger partial charge in [-0.2, -0.15) is 0 Å². The van der Waals surface area contributed by atoms with E-state index in [-0.39, 0.29) is 12.3 Å². The van der Waals surface area contributed by atoms with Crippen LogP contribution in [-0.2, 0) is 9.53 Å². The third-order valence-corrected chi connectivity index (χ3v) is 6.39. The van der Waals surface area contributed by atoms with Gasteiger partial charge in [0.05, 0.1) is 29.4 Å². The molecule has 1 aromatic heterocycles. The standard InChI is InChI=1S/C27H20Cl2N2O4/c1-3-22(32)35-27-24-23(26(33)31(27)18-9-6-16(28)7-10-18)20-14-17(29)8-13-21(20)30-25(24)15-4-11-19(34-2)12-5-15/h4-14,27H,3H2,1-2H3. The highest BCUT2D eigenvalue weighted by Gasteiger charge is 2.44. The molecule has 8 heteroatoms. The van der Waals surface area contributed by atoms with E-state index in [4.69, 9.17) is 37.7 Å². The molecule has 0 radical (unpaired) electrons. The van der Waals surface area contributed by atoms with Crippen molar-refractivity contribution in [3.05, 3.63) is 87.9 Å². The van der Waals surface area contributed by atoms with Gasteiger partial charge >= 0.3 is 5.97 Å². The minimum Gasteiger partial charge on any atom is -0.497 e. The Morgan fingerprint density at radius 2 is 1.69 bits per heavy atom. The average Bonchev–Trinajstić information content (AvgIpc) is 3.16. The van der Waals surface area contributed by atoms with Crippen LogP contribution in [-0.4, -0.2) is 24.0 Å². The van der Waals surface area contributed by atoms with Crippen molar-refractivity contribution in [3.8, 4) is 17.0 Å². The van der Waals surface area contributed by atoms with Crippen LogP contribution < -0.4 is 9.64 Å². The SMILES string of the molecule is CCC(=O)OC1c2c(-c3ccc(OC)cc3)nc3ccc(Cl)cc3c2C(=O)N1c1ccc(Cl)cc1. The van der Waals surface area contributed by atoms with Gasteiger partial charge in [0.15, 0.2) is 0 Å². The maximum atomic E-state index is 14.0. The second-order valence-electron chi connectivity index (χ2n) is 7.99. The van der Waals surface area contributed by atoms with E-state index < -0.39 is 12.2 Å². The van der Waals surface area contributed by atoms with Crippen LogP contribution in [0, 0.1) is 0 Å². The molecule has 4 aromatic rings. The highest BCUT2D eigenvalue weighted by molar-refractivity contribution is 6.32. The third kappa shape index (κ3) is 4.09. The summed E-state index contributed by atoms with van der Waals surface area (Å²) in [6.45, 7) is 1.70. The molecular formula is C27H20Cl2N2O4. The van der Waals surface area contributed by atoms with Crippen LogP contribution in [0.3, 0.4) is 0 Å². The van der Waals surface area contributed by atoms with E-state index in [0.29, 0.717) is 49.2 Å². The molecule has 5 rings (SSSR count). The van der Waals surface area contributed by atoms with Crippen LogP contribution >= 0.6 is 23.2 Å². The van der Waals surface area contributed by atoms with Crippen molar-refractivity contribution in [1.29, 1.82) is 0 Å². The van der Waals surface area contributed by atoms with Crippen LogP contribution in [0.5, 0.6) is 5.75 Å². The molecule has 0 bridgehead atoms. The van der Waals surface area contributed by atoms with Gasteiger partial charge in [0.25, 0.3) is 5.91 Å². The molecule has 1 aliphatic heterocycles. The van der Waals surface area contributed by atoms with Crippen molar-refractivity contribution in [3.63, 3.8) is 0 Å². The summed E-state index contributed by atoms with van der Waals surface area (Å²) in [4.78, 5) is 32.9. The predicted octanol–water partition coefficient (Wildman–Crippen LogP) is 6.83. The Hall–Kier alpha value is -3.61. The van der Waals surface area contributed by atoms with Gasteiger partial charge in [0.2, 0.25) is 6.23 Å². The summed E-state index contributed by atoms with van der Waals surface area (Å²) in [5.74, 6) is -0.0760. The summed E-state index contributed by atoms with van der Waals surface area (Å²) >= 11 is 12.4. The van der Waals surface area contributed by atoms with E-state index in [2.05, 4.69) is 0 Å². The number of esters is 1. The summed E-state index contributed by atoms with van der Waals surface area (Å²) in [7, 11) is 1.59. The zero-order chi connectivity index (χ0) is 24.7. The fraction of sp³-hybridized carbons (Fsp3) is 0.148. The van der Waals surface area contributed by atoms with E-state index in [0.717, 1.165) is 5.56 Å². The highest BCUT2D eigenvalue weighted by atomic mass is 35.5. The number of hydrogen-bond donors (Lipinski definition) is 0. The first-order chi connectivity index (χ1) is 16.9. The molecule has 1 atom stereocenters. The van der Waals surface area contributed by atoms with Gasteiger partial charge in [-0.3, -0.25) is 14.5 Å². The first kappa shape index (κ1) is 23.1. The van der Waals surface area contributed by atoms with Crippen molar-refractivity contribution < 1.29 is 19.1 Å². The molecule has 3 aromatic carbocycles. The van der Waals surface area contributed by atoms with E-state index in [1.165, 1.54) is 4.90 Å². The number of nitrogens with zero attached hydrogens (tertiary/aromatic N) is 2. The van der Waals surface area contributed by atoms with Gasteiger partial charge in [0, 0.05) is 33.1 Å². The normalized spacial score (nSPS) is 14.8. The van der Waals surface area contributed by atoms with E-state index in [1.807, 2.05) is 24.3 Å². The van der Waals surface area contributed by atoms with E-state index >= 15 is 0 Å². The quantitative estimate of drug-likeness (QED) is 0.277. The number of anilines is 1. The Balaban J connectivity index is 1.81. The maximum absolute atomic E-state index is 14.0. The molecule has 0 spiro atoms. The molecule has 176 valence electrons.